The first-order valence-electron chi connectivity index (χ1n) is 1.72. The Morgan fingerprint density at radius 3 is 2.12 bits per heavy atom. The molecule has 0 aliphatic heterocycles. The second-order valence-electron chi connectivity index (χ2n) is 1.09. The average molecular weight is 136 g/mol. The van der Waals surface area contributed by atoms with Gasteiger partial charge in [-0.05, 0) is 6.92 Å². The summed E-state index contributed by atoms with van der Waals surface area (Å²) in [5, 5.41) is 15.7. The third-order valence-corrected chi connectivity index (χ3v) is 0.431. The highest BCUT2D eigenvalue weighted by Crippen LogP contribution is 1.80. The van der Waals surface area contributed by atoms with Gasteiger partial charge in [-0.1, -0.05) is 0 Å². The molecule has 0 radical (unpaired) electrons. The van der Waals surface area contributed by atoms with E-state index < -0.39 is 12.1 Å². The van der Waals surface area contributed by atoms with Crippen LogP contribution in [-0.2, 0) is 9.68 Å². The molecule has 2 N–H and O–H groups in total. The summed E-state index contributed by atoms with van der Waals surface area (Å²) in [5.41, 5.74) is 0. The van der Waals surface area contributed by atoms with E-state index in [9.17, 15) is 4.79 Å². The fourth-order valence-electron chi connectivity index (χ4n) is 0.0763. The highest BCUT2D eigenvalue weighted by atomic mass is 27.0. The van der Waals surface area contributed by atoms with Crippen molar-refractivity contribution in [2.24, 2.45) is 0 Å². The fraction of sp³-hybridized carbons (Fsp3) is 0.667. The number of carbonyl (C=O) groups excluding carboxylic acids is 1. The van der Waals surface area contributed by atoms with Crippen molar-refractivity contribution in [1.29, 1.82) is 0 Å². The van der Waals surface area contributed by atoms with E-state index in [1.54, 1.807) is 0 Å². The van der Waals surface area contributed by atoms with Gasteiger partial charge in [-0.25, -0.2) is 4.79 Å². The van der Waals surface area contributed by atoms with Gasteiger partial charge in [0.2, 0.25) is 0 Å². The zero-order chi connectivity index (χ0) is 5.86. The van der Waals surface area contributed by atoms with Gasteiger partial charge in [0.15, 0.2) is 23.5 Å². The van der Waals surface area contributed by atoms with E-state index in [0.717, 1.165) is 0 Å². The summed E-state index contributed by atoms with van der Waals surface area (Å²) in [6, 6.07) is 0. The van der Waals surface area contributed by atoms with Crippen LogP contribution in [0.2, 0.25) is 0 Å². The molecule has 0 rings (SSSR count). The maximum absolute atomic E-state index is 9.79. The van der Waals surface area contributed by atoms with Crippen molar-refractivity contribution in [1.82, 2.24) is 0 Å². The predicted octanol–water partition coefficient (Wildman–Crippen LogP) is -1.80. The first-order chi connectivity index (χ1) is 3.18. The van der Waals surface area contributed by atoms with Gasteiger partial charge < -0.3 is 5.11 Å². The Balaban J connectivity index is 0. The van der Waals surface area contributed by atoms with Crippen molar-refractivity contribution >= 4 is 23.3 Å². The average Bonchev–Trinajstić information content (AvgIpc) is 1.65. The van der Waals surface area contributed by atoms with Crippen LogP contribution in [-0.4, -0.2) is 39.8 Å². The second kappa shape index (κ2) is 5.07. The highest BCUT2D eigenvalue weighted by Gasteiger charge is 2.07. The summed E-state index contributed by atoms with van der Waals surface area (Å²) >= 11 is 0. The molecular formula is C3H9AlO4. The first kappa shape index (κ1) is 10.8. The third-order valence-electron chi connectivity index (χ3n) is 0.431. The van der Waals surface area contributed by atoms with Gasteiger partial charge in [0, 0.05) is 0 Å². The van der Waals surface area contributed by atoms with Gasteiger partial charge in [-0.15, -0.1) is 0 Å². The SMILES string of the molecule is CC(O)C(=O)OO.[AlH3]. The minimum atomic E-state index is -1.25. The quantitative estimate of drug-likeness (QED) is 0.253. The lowest BCUT2D eigenvalue weighted by atomic mass is 10.4. The summed E-state index contributed by atoms with van der Waals surface area (Å²) in [6.45, 7) is 1.19. The van der Waals surface area contributed by atoms with Crippen LogP contribution >= 0.6 is 0 Å². The number of hydrogen-bond donors (Lipinski definition) is 2. The summed E-state index contributed by atoms with van der Waals surface area (Å²) in [7, 11) is 0. The molecule has 0 aliphatic rings. The van der Waals surface area contributed by atoms with E-state index in [4.69, 9.17) is 10.4 Å². The van der Waals surface area contributed by atoms with Crippen molar-refractivity contribution in [3.05, 3.63) is 0 Å². The molecule has 0 heterocycles. The van der Waals surface area contributed by atoms with Crippen LogP contribution in [0.1, 0.15) is 6.92 Å². The topological polar surface area (TPSA) is 66.8 Å². The molecule has 0 saturated heterocycles. The van der Waals surface area contributed by atoms with Crippen molar-refractivity contribution in [3.63, 3.8) is 0 Å². The third kappa shape index (κ3) is 4.09. The molecule has 0 saturated carbocycles. The number of hydrogen-bond acceptors (Lipinski definition) is 4. The summed E-state index contributed by atoms with van der Waals surface area (Å²) in [6.07, 6.45) is -1.25. The van der Waals surface area contributed by atoms with Crippen molar-refractivity contribution in [2.45, 2.75) is 13.0 Å². The van der Waals surface area contributed by atoms with Gasteiger partial charge in [0.05, 0.1) is 0 Å². The zero-order valence-corrected chi connectivity index (χ0v) is 3.79. The van der Waals surface area contributed by atoms with Gasteiger partial charge in [0.25, 0.3) is 0 Å². The monoisotopic (exact) mass is 136 g/mol. The molecule has 0 spiro atoms. The highest BCUT2D eigenvalue weighted by molar-refractivity contribution is 5.75. The number of carbonyl (C=O) groups is 1. The normalized spacial score (nSPS) is 11.4. The molecule has 0 aromatic rings. The predicted molar refractivity (Wildman–Crippen MR) is 30.3 cm³/mol. The molecule has 0 fully saturated rings. The van der Waals surface area contributed by atoms with Gasteiger partial charge in [0.1, 0.15) is 0 Å². The summed E-state index contributed by atoms with van der Waals surface area (Å²) in [4.78, 5) is 12.9. The summed E-state index contributed by atoms with van der Waals surface area (Å²) in [5.74, 6) is -1.04. The Labute approximate surface area is 57.1 Å². The molecule has 4 nitrogen and oxygen atoms in total. The Morgan fingerprint density at radius 2 is 2.12 bits per heavy atom. The first-order valence-corrected chi connectivity index (χ1v) is 1.72. The van der Waals surface area contributed by atoms with Crippen LogP contribution in [0.25, 0.3) is 0 Å². The molecule has 0 amide bonds. The van der Waals surface area contributed by atoms with E-state index in [0.29, 0.717) is 0 Å². The number of aliphatic hydroxyl groups is 1. The van der Waals surface area contributed by atoms with Crippen LogP contribution in [0.4, 0.5) is 0 Å². The lowest BCUT2D eigenvalue weighted by molar-refractivity contribution is -0.241. The molecule has 0 aromatic carbocycles. The van der Waals surface area contributed by atoms with E-state index in [2.05, 4.69) is 4.89 Å². The Hall–Kier alpha value is -0.0775. The van der Waals surface area contributed by atoms with E-state index >= 15 is 0 Å². The van der Waals surface area contributed by atoms with Crippen LogP contribution in [0.15, 0.2) is 0 Å². The maximum atomic E-state index is 9.79. The molecule has 0 bridgehead atoms. The van der Waals surface area contributed by atoms with E-state index in [-0.39, 0.29) is 17.4 Å². The van der Waals surface area contributed by atoms with E-state index in [1.165, 1.54) is 6.92 Å². The van der Waals surface area contributed by atoms with E-state index in [1.807, 2.05) is 0 Å². The maximum Gasteiger partial charge on any atom is 0.369 e. The Bertz CT molecular complexity index is 71.7. The van der Waals surface area contributed by atoms with Crippen LogP contribution in [0.3, 0.4) is 0 Å². The smallest absolute Gasteiger partial charge is 0.369 e. The zero-order valence-electron chi connectivity index (χ0n) is 3.79. The minimum Gasteiger partial charge on any atom is -0.382 e. The van der Waals surface area contributed by atoms with Crippen molar-refractivity contribution < 1.29 is 20.0 Å². The van der Waals surface area contributed by atoms with Crippen LogP contribution < -0.4 is 0 Å². The van der Waals surface area contributed by atoms with Crippen LogP contribution in [0, 0.1) is 0 Å². The molecule has 48 valence electrons. The molecule has 0 aliphatic carbocycles. The molecule has 5 heteroatoms. The fourth-order valence-corrected chi connectivity index (χ4v) is 0.0763. The molecule has 1 atom stereocenters. The molecular weight excluding hydrogens is 127 g/mol. The minimum absolute atomic E-state index is 0. The van der Waals surface area contributed by atoms with Crippen molar-refractivity contribution in [2.75, 3.05) is 0 Å². The molecule has 1 unspecified atom stereocenters. The van der Waals surface area contributed by atoms with Gasteiger partial charge >= 0.3 is 5.97 Å². The Kier molecular flexibility index (Phi) is 6.86. The van der Waals surface area contributed by atoms with Gasteiger partial charge in [-0.3, -0.25) is 4.89 Å². The Morgan fingerprint density at radius 1 is 1.75 bits per heavy atom. The molecule has 0 aromatic heterocycles. The molecule has 8 heavy (non-hydrogen) atoms. The largest absolute Gasteiger partial charge is 0.382 e. The number of aliphatic hydroxyl groups excluding tert-OH is 1. The van der Waals surface area contributed by atoms with Crippen molar-refractivity contribution in [3.8, 4) is 0 Å². The van der Waals surface area contributed by atoms with Gasteiger partial charge in [-0.2, -0.15) is 5.26 Å². The van der Waals surface area contributed by atoms with Crippen LogP contribution in [0.5, 0.6) is 0 Å². The lowest BCUT2D eigenvalue weighted by Crippen LogP contribution is -2.17. The number of rotatable bonds is 1. The lowest BCUT2D eigenvalue weighted by Gasteiger charge is -1.94. The standard InChI is InChI=1S/C3H6O4.Al.3H/c1-2(4)3(5)7-6;;;;/h2,4,6H,1H3;;;;. The summed E-state index contributed by atoms with van der Waals surface area (Å²) < 4.78 is 0. The second-order valence-corrected chi connectivity index (χ2v) is 1.09.